The van der Waals surface area contributed by atoms with E-state index < -0.39 is 0 Å². The zero-order valence-corrected chi connectivity index (χ0v) is 6.69. The van der Waals surface area contributed by atoms with Crippen LogP contribution in [-0.2, 0) is 0 Å². The second-order valence-corrected chi connectivity index (χ2v) is 3.53. The summed E-state index contributed by atoms with van der Waals surface area (Å²) in [6.07, 6.45) is 2.73. The maximum Gasteiger partial charge on any atom is 0.0435 e. The van der Waals surface area contributed by atoms with Crippen LogP contribution in [0.25, 0.3) is 0 Å². The maximum atomic E-state index is 5.82. The van der Waals surface area contributed by atoms with Crippen molar-refractivity contribution in [2.75, 3.05) is 19.6 Å². The van der Waals surface area contributed by atoms with E-state index in [4.69, 9.17) is 11.6 Å². The maximum absolute atomic E-state index is 5.82. The van der Waals surface area contributed by atoms with Crippen molar-refractivity contribution in [3.8, 4) is 0 Å². The number of nitrogens with zero attached hydrogens (tertiary/aromatic N) is 1. The molecule has 0 amide bonds. The van der Waals surface area contributed by atoms with Gasteiger partial charge in [-0.2, -0.15) is 0 Å². The van der Waals surface area contributed by atoms with Crippen molar-refractivity contribution >= 4 is 11.6 Å². The predicted octanol–water partition coefficient (Wildman–Crippen LogP) is 1.71. The molecule has 1 rings (SSSR count). The predicted molar refractivity (Wildman–Crippen MR) is 41.0 cm³/mol. The van der Waals surface area contributed by atoms with Crippen LogP contribution in [0.2, 0.25) is 0 Å². The number of hydrogen-bond acceptors (Lipinski definition) is 1. The van der Waals surface area contributed by atoms with E-state index >= 15 is 0 Å². The van der Waals surface area contributed by atoms with Crippen molar-refractivity contribution in [3.63, 3.8) is 0 Å². The van der Waals surface area contributed by atoms with E-state index in [0.717, 1.165) is 6.54 Å². The van der Waals surface area contributed by atoms with Crippen molar-refractivity contribution in [1.29, 1.82) is 0 Å². The lowest BCUT2D eigenvalue weighted by molar-refractivity contribution is 0.342. The van der Waals surface area contributed by atoms with Crippen LogP contribution in [0.15, 0.2) is 0 Å². The molecule has 0 radical (unpaired) electrons. The minimum absolute atomic E-state index is 0.322. The van der Waals surface area contributed by atoms with Gasteiger partial charge in [-0.25, -0.2) is 0 Å². The molecule has 0 aliphatic carbocycles. The smallest absolute Gasteiger partial charge is 0.0435 e. The first kappa shape index (κ1) is 7.36. The van der Waals surface area contributed by atoms with E-state index in [1.54, 1.807) is 0 Å². The summed E-state index contributed by atoms with van der Waals surface area (Å²) < 4.78 is 0. The lowest BCUT2D eigenvalue weighted by Gasteiger charge is -2.14. The van der Waals surface area contributed by atoms with Gasteiger partial charge in [-0.3, -0.25) is 0 Å². The highest BCUT2D eigenvalue weighted by Crippen LogP contribution is 2.09. The molecule has 1 aliphatic heterocycles. The molecule has 1 atom stereocenters. The van der Waals surface area contributed by atoms with E-state index in [0.29, 0.717) is 5.38 Å². The minimum atomic E-state index is 0.322. The summed E-state index contributed by atoms with van der Waals surface area (Å²) in [5.74, 6) is 0. The van der Waals surface area contributed by atoms with Gasteiger partial charge >= 0.3 is 0 Å². The molecule has 0 N–H and O–H groups in total. The van der Waals surface area contributed by atoms with Crippen molar-refractivity contribution in [3.05, 3.63) is 0 Å². The summed E-state index contributed by atoms with van der Waals surface area (Å²) in [6, 6.07) is 0. The first-order chi connectivity index (χ1) is 4.29. The summed E-state index contributed by atoms with van der Waals surface area (Å²) >= 11 is 5.82. The number of likely N-dealkylation sites (tertiary alicyclic amines) is 1. The van der Waals surface area contributed by atoms with E-state index in [9.17, 15) is 0 Å². The van der Waals surface area contributed by atoms with Gasteiger partial charge in [0.15, 0.2) is 0 Å². The molecule has 1 fully saturated rings. The van der Waals surface area contributed by atoms with Crippen LogP contribution >= 0.6 is 11.6 Å². The van der Waals surface area contributed by atoms with Gasteiger partial charge in [0.1, 0.15) is 0 Å². The molecule has 1 heterocycles. The van der Waals surface area contributed by atoms with Gasteiger partial charge in [0, 0.05) is 11.9 Å². The number of halogens is 1. The molecular formula is C7H14ClN. The molecule has 1 unspecified atom stereocenters. The van der Waals surface area contributed by atoms with Crippen molar-refractivity contribution < 1.29 is 0 Å². The topological polar surface area (TPSA) is 3.24 Å². The molecular weight excluding hydrogens is 134 g/mol. The Morgan fingerprint density at radius 1 is 1.44 bits per heavy atom. The molecule has 0 aromatic heterocycles. The van der Waals surface area contributed by atoms with Crippen molar-refractivity contribution in [2.24, 2.45) is 0 Å². The highest BCUT2D eigenvalue weighted by molar-refractivity contribution is 6.20. The van der Waals surface area contributed by atoms with Gasteiger partial charge in [0.2, 0.25) is 0 Å². The molecule has 0 aromatic rings. The molecule has 54 valence electrons. The van der Waals surface area contributed by atoms with Crippen molar-refractivity contribution in [2.45, 2.75) is 25.1 Å². The van der Waals surface area contributed by atoms with Crippen LogP contribution < -0.4 is 0 Å². The molecule has 1 saturated heterocycles. The fourth-order valence-corrected chi connectivity index (χ4v) is 1.52. The Balaban J connectivity index is 2.11. The Hall–Kier alpha value is 0.250. The summed E-state index contributed by atoms with van der Waals surface area (Å²) in [7, 11) is 0. The SMILES string of the molecule is CC(Cl)CN1CCCC1. The van der Waals surface area contributed by atoms with Crippen molar-refractivity contribution in [1.82, 2.24) is 4.90 Å². The first-order valence-electron chi connectivity index (χ1n) is 3.65. The summed E-state index contributed by atoms with van der Waals surface area (Å²) in [5.41, 5.74) is 0. The van der Waals surface area contributed by atoms with E-state index in [-0.39, 0.29) is 0 Å². The fourth-order valence-electron chi connectivity index (χ4n) is 1.32. The van der Waals surface area contributed by atoms with E-state index in [1.807, 2.05) is 0 Å². The average Bonchev–Trinajstić information content (AvgIpc) is 2.15. The van der Waals surface area contributed by atoms with E-state index in [1.165, 1.54) is 25.9 Å². The standard InChI is InChI=1S/C7H14ClN/c1-7(8)6-9-4-2-3-5-9/h7H,2-6H2,1H3. The zero-order valence-electron chi connectivity index (χ0n) is 5.94. The Morgan fingerprint density at radius 2 is 2.00 bits per heavy atom. The summed E-state index contributed by atoms with van der Waals surface area (Å²) in [4.78, 5) is 2.43. The van der Waals surface area contributed by atoms with Gasteiger partial charge in [-0.1, -0.05) is 0 Å². The molecule has 0 aromatic carbocycles. The summed E-state index contributed by atoms with van der Waals surface area (Å²) in [6.45, 7) is 5.65. The van der Waals surface area contributed by atoms with Crippen LogP contribution in [0.1, 0.15) is 19.8 Å². The third-order valence-electron chi connectivity index (χ3n) is 1.71. The molecule has 0 bridgehead atoms. The quantitative estimate of drug-likeness (QED) is 0.538. The average molecular weight is 148 g/mol. The van der Waals surface area contributed by atoms with Gasteiger partial charge in [-0.15, -0.1) is 11.6 Å². The molecule has 1 aliphatic rings. The fraction of sp³-hybridized carbons (Fsp3) is 1.00. The van der Waals surface area contributed by atoms with Crippen LogP contribution in [0.4, 0.5) is 0 Å². The number of hydrogen-bond donors (Lipinski definition) is 0. The van der Waals surface area contributed by atoms with Crippen LogP contribution in [0, 0.1) is 0 Å². The zero-order chi connectivity index (χ0) is 6.69. The summed E-state index contributed by atoms with van der Waals surface area (Å²) in [5, 5.41) is 0.322. The number of alkyl halides is 1. The number of rotatable bonds is 2. The highest BCUT2D eigenvalue weighted by atomic mass is 35.5. The van der Waals surface area contributed by atoms with Gasteiger partial charge < -0.3 is 4.90 Å². The Labute approximate surface area is 62.0 Å². The molecule has 2 heteroatoms. The Bertz CT molecular complexity index is 77.0. The monoisotopic (exact) mass is 147 g/mol. The Morgan fingerprint density at radius 3 is 2.44 bits per heavy atom. The van der Waals surface area contributed by atoms with Crippen LogP contribution in [0.5, 0.6) is 0 Å². The van der Waals surface area contributed by atoms with Gasteiger partial charge in [0.05, 0.1) is 0 Å². The third kappa shape index (κ3) is 2.55. The van der Waals surface area contributed by atoms with Gasteiger partial charge in [0.25, 0.3) is 0 Å². The molecule has 1 nitrogen and oxygen atoms in total. The molecule has 0 saturated carbocycles. The van der Waals surface area contributed by atoms with E-state index in [2.05, 4.69) is 11.8 Å². The largest absolute Gasteiger partial charge is 0.302 e. The second-order valence-electron chi connectivity index (χ2n) is 2.79. The lowest BCUT2D eigenvalue weighted by atomic mass is 10.4. The second kappa shape index (κ2) is 3.43. The molecule has 0 spiro atoms. The third-order valence-corrected chi connectivity index (χ3v) is 1.85. The first-order valence-corrected chi connectivity index (χ1v) is 4.09. The molecule has 9 heavy (non-hydrogen) atoms. The van der Waals surface area contributed by atoms with Crippen LogP contribution in [0.3, 0.4) is 0 Å². The normalized spacial score (nSPS) is 24.7. The Kier molecular flexibility index (Phi) is 2.80. The lowest BCUT2D eigenvalue weighted by Crippen LogP contribution is -2.25. The van der Waals surface area contributed by atoms with Crippen LogP contribution in [-0.4, -0.2) is 29.9 Å². The van der Waals surface area contributed by atoms with Gasteiger partial charge in [-0.05, 0) is 32.9 Å². The highest BCUT2D eigenvalue weighted by Gasteiger charge is 2.12. The minimum Gasteiger partial charge on any atom is -0.302 e.